The van der Waals surface area contributed by atoms with Crippen LogP contribution in [0.15, 0.2) is 23.2 Å². The Morgan fingerprint density at radius 3 is 2.65 bits per heavy atom. The standard InChI is InChI=1S/C14H17Cl2N3O/c1-19-9-4-2-3-8-12(19)17-14(20)18-13-10(15)6-5-7-11(13)16/h5-7H,2-4,8-9H2,1H3,(H,18,20)/b17-12-. The Hall–Kier alpha value is -1.26. The third kappa shape index (κ3) is 3.87. The fraction of sp³-hybridized carbons (Fsp3) is 0.429. The van der Waals surface area contributed by atoms with Gasteiger partial charge in [-0.3, -0.25) is 0 Å². The monoisotopic (exact) mass is 313 g/mol. The van der Waals surface area contributed by atoms with Gasteiger partial charge in [0, 0.05) is 20.0 Å². The first-order valence-electron chi connectivity index (χ1n) is 6.61. The molecule has 1 aromatic carbocycles. The van der Waals surface area contributed by atoms with Crippen LogP contribution in [-0.2, 0) is 0 Å². The van der Waals surface area contributed by atoms with E-state index in [-0.39, 0.29) is 0 Å². The topological polar surface area (TPSA) is 44.7 Å². The number of halogens is 2. The van der Waals surface area contributed by atoms with Gasteiger partial charge in [-0.15, -0.1) is 0 Å². The van der Waals surface area contributed by atoms with Crippen molar-refractivity contribution in [3.8, 4) is 0 Å². The van der Waals surface area contributed by atoms with E-state index in [4.69, 9.17) is 23.2 Å². The number of carbonyl (C=O) groups is 1. The van der Waals surface area contributed by atoms with Crippen LogP contribution < -0.4 is 5.32 Å². The van der Waals surface area contributed by atoms with E-state index < -0.39 is 6.03 Å². The zero-order valence-corrected chi connectivity index (χ0v) is 12.8. The van der Waals surface area contributed by atoms with Crippen LogP contribution in [-0.4, -0.2) is 30.4 Å². The van der Waals surface area contributed by atoms with Crippen LogP contribution in [0, 0.1) is 0 Å². The fourth-order valence-corrected chi connectivity index (χ4v) is 2.63. The number of amidine groups is 1. The second-order valence-corrected chi connectivity index (χ2v) is 5.60. The highest BCUT2D eigenvalue weighted by Crippen LogP contribution is 2.29. The van der Waals surface area contributed by atoms with E-state index in [1.807, 2.05) is 11.9 Å². The summed E-state index contributed by atoms with van der Waals surface area (Å²) in [6, 6.07) is 4.64. The predicted molar refractivity (Wildman–Crippen MR) is 84.0 cm³/mol. The highest BCUT2D eigenvalue weighted by Gasteiger charge is 2.14. The number of carbonyl (C=O) groups excluding carboxylic acids is 1. The Kier molecular flexibility index (Phi) is 5.26. The number of hydrogen-bond acceptors (Lipinski definition) is 1. The van der Waals surface area contributed by atoms with Crippen LogP contribution >= 0.6 is 23.2 Å². The van der Waals surface area contributed by atoms with Gasteiger partial charge in [0.25, 0.3) is 0 Å². The molecule has 0 saturated carbocycles. The molecule has 1 heterocycles. The number of benzene rings is 1. The number of rotatable bonds is 1. The first kappa shape index (κ1) is 15.1. The summed E-state index contributed by atoms with van der Waals surface area (Å²) in [5.74, 6) is 0.808. The second-order valence-electron chi connectivity index (χ2n) is 4.79. The third-order valence-corrected chi connectivity index (χ3v) is 3.89. The molecule has 1 fully saturated rings. The summed E-state index contributed by atoms with van der Waals surface area (Å²) in [4.78, 5) is 18.2. The van der Waals surface area contributed by atoms with E-state index in [0.29, 0.717) is 15.7 Å². The van der Waals surface area contributed by atoms with Crippen LogP contribution in [0.25, 0.3) is 0 Å². The lowest BCUT2D eigenvalue weighted by Crippen LogP contribution is -2.27. The minimum absolute atomic E-state index is 0.403. The van der Waals surface area contributed by atoms with Gasteiger partial charge in [0.2, 0.25) is 0 Å². The molecule has 0 bridgehead atoms. The van der Waals surface area contributed by atoms with E-state index >= 15 is 0 Å². The SMILES string of the molecule is CN1CCCCC/C1=N/C(=O)Nc1c(Cl)cccc1Cl. The molecule has 1 aliphatic rings. The number of amides is 2. The maximum Gasteiger partial charge on any atom is 0.347 e. The van der Waals surface area contributed by atoms with Gasteiger partial charge < -0.3 is 10.2 Å². The number of anilines is 1. The molecular formula is C14H17Cl2N3O. The van der Waals surface area contributed by atoms with Crippen LogP contribution in [0.5, 0.6) is 0 Å². The average Bonchev–Trinajstić information content (AvgIpc) is 2.60. The lowest BCUT2D eigenvalue weighted by Gasteiger charge is -2.17. The van der Waals surface area contributed by atoms with Gasteiger partial charge in [0.1, 0.15) is 5.84 Å². The van der Waals surface area contributed by atoms with Gasteiger partial charge in [-0.2, -0.15) is 4.99 Å². The molecule has 20 heavy (non-hydrogen) atoms. The Bertz CT molecular complexity index is 511. The smallest absolute Gasteiger partial charge is 0.347 e. The second kappa shape index (κ2) is 6.95. The van der Waals surface area contributed by atoms with Gasteiger partial charge in [0.15, 0.2) is 0 Å². The quantitative estimate of drug-likeness (QED) is 0.833. The van der Waals surface area contributed by atoms with Crippen molar-refractivity contribution in [2.24, 2.45) is 4.99 Å². The van der Waals surface area contributed by atoms with Crippen molar-refractivity contribution in [1.29, 1.82) is 0 Å². The lowest BCUT2D eigenvalue weighted by molar-refractivity contribution is 0.259. The predicted octanol–water partition coefficient (Wildman–Crippen LogP) is 4.43. The number of nitrogens with one attached hydrogen (secondary N) is 1. The summed E-state index contributed by atoms with van der Waals surface area (Å²) in [5, 5.41) is 3.46. The van der Waals surface area contributed by atoms with E-state index in [2.05, 4.69) is 10.3 Å². The number of nitrogens with zero attached hydrogens (tertiary/aromatic N) is 2. The summed E-state index contributed by atoms with van der Waals surface area (Å²) >= 11 is 12.0. The molecule has 2 rings (SSSR count). The molecule has 4 nitrogen and oxygen atoms in total. The van der Waals surface area contributed by atoms with Crippen LogP contribution in [0.4, 0.5) is 10.5 Å². The van der Waals surface area contributed by atoms with Crippen molar-refractivity contribution >= 4 is 40.8 Å². The van der Waals surface area contributed by atoms with Gasteiger partial charge in [-0.05, 0) is 25.0 Å². The molecule has 1 saturated heterocycles. The minimum atomic E-state index is -0.441. The first-order chi connectivity index (χ1) is 9.58. The zero-order valence-electron chi connectivity index (χ0n) is 11.3. The lowest BCUT2D eigenvalue weighted by atomic mass is 10.2. The third-order valence-electron chi connectivity index (χ3n) is 3.26. The van der Waals surface area contributed by atoms with Crippen molar-refractivity contribution in [3.05, 3.63) is 28.2 Å². The number of para-hydroxylation sites is 1. The molecule has 0 unspecified atom stereocenters. The molecule has 108 valence electrons. The van der Waals surface area contributed by atoms with Crippen molar-refractivity contribution in [3.63, 3.8) is 0 Å². The maximum absolute atomic E-state index is 12.0. The number of likely N-dealkylation sites (tertiary alicyclic amines) is 1. The molecule has 0 aromatic heterocycles. The first-order valence-corrected chi connectivity index (χ1v) is 7.37. The summed E-state index contributed by atoms with van der Waals surface area (Å²) < 4.78 is 0. The molecule has 1 aliphatic heterocycles. The largest absolute Gasteiger partial charge is 0.363 e. The molecule has 0 atom stereocenters. The molecule has 0 radical (unpaired) electrons. The van der Waals surface area contributed by atoms with Gasteiger partial charge in [-0.1, -0.05) is 35.7 Å². The molecule has 1 N–H and O–H groups in total. The molecule has 0 spiro atoms. The number of aliphatic imine (C=N–C) groups is 1. The highest BCUT2D eigenvalue weighted by molar-refractivity contribution is 6.39. The molecule has 0 aliphatic carbocycles. The van der Waals surface area contributed by atoms with Gasteiger partial charge in [0.05, 0.1) is 15.7 Å². The highest BCUT2D eigenvalue weighted by atomic mass is 35.5. The van der Waals surface area contributed by atoms with Gasteiger partial charge >= 0.3 is 6.03 Å². The molecule has 1 aromatic rings. The van der Waals surface area contributed by atoms with Gasteiger partial charge in [-0.25, -0.2) is 4.79 Å². The summed E-state index contributed by atoms with van der Waals surface area (Å²) in [5.41, 5.74) is 0.404. The Morgan fingerprint density at radius 1 is 1.25 bits per heavy atom. The zero-order chi connectivity index (χ0) is 14.5. The van der Waals surface area contributed by atoms with E-state index in [0.717, 1.165) is 31.6 Å². The normalized spacial score (nSPS) is 17.9. The van der Waals surface area contributed by atoms with Crippen LogP contribution in [0.3, 0.4) is 0 Å². The van der Waals surface area contributed by atoms with Crippen LogP contribution in [0.1, 0.15) is 25.7 Å². The summed E-state index contributed by atoms with van der Waals surface area (Å²) in [6.07, 6.45) is 4.18. The minimum Gasteiger partial charge on any atom is -0.363 e. The van der Waals surface area contributed by atoms with E-state index in [1.165, 1.54) is 6.42 Å². The fourth-order valence-electron chi connectivity index (χ4n) is 2.14. The van der Waals surface area contributed by atoms with Crippen molar-refractivity contribution < 1.29 is 4.79 Å². The molecule has 2 amide bonds. The Morgan fingerprint density at radius 2 is 1.95 bits per heavy atom. The summed E-state index contributed by atoms with van der Waals surface area (Å²) in [6.45, 7) is 0.930. The number of hydrogen-bond donors (Lipinski definition) is 1. The maximum atomic E-state index is 12.0. The van der Waals surface area contributed by atoms with Crippen molar-refractivity contribution in [1.82, 2.24) is 4.90 Å². The number of urea groups is 1. The molecular weight excluding hydrogens is 297 g/mol. The summed E-state index contributed by atoms with van der Waals surface area (Å²) in [7, 11) is 1.96. The Balaban J connectivity index is 2.12. The molecule has 6 heteroatoms. The van der Waals surface area contributed by atoms with Crippen molar-refractivity contribution in [2.45, 2.75) is 25.7 Å². The van der Waals surface area contributed by atoms with Crippen LogP contribution in [0.2, 0.25) is 10.0 Å². The van der Waals surface area contributed by atoms with E-state index in [9.17, 15) is 4.79 Å². The van der Waals surface area contributed by atoms with E-state index in [1.54, 1.807) is 18.2 Å². The van der Waals surface area contributed by atoms with Crippen molar-refractivity contribution in [2.75, 3.05) is 18.9 Å². The average molecular weight is 314 g/mol. The Labute approximate surface area is 128 Å².